The van der Waals surface area contributed by atoms with Crippen LogP contribution in [0.5, 0.6) is 5.88 Å². The van der Waals surface area contributed by atoms with Gasteiger partial charge in [0, 0.05) is 37.9 Å². The molecule has 0 N–H and O–H groups in total. The zero-order chi connectivity index (χ0) is 16.0. The molecule has 8 heteroatoms. The lowest BCUT2D eigenvalue weighted by Crippen LogP contribution is -2.68. The van der Waals surface area contributed by atoms with E-state index in [-0.39, 0.29) is 5.88 Å². The second kappa shape index (κ2) is 5.99. The number of aromatic nitrogens is 2. The number of piperazine rings is 1. The van der Waals surface area contributed by atoms with Crippen molar-refractivity contribution < 1.29 is 9.13 Å². The van der Waals surface area contributed by atoms with Crippen LogP contribution in [0.4, 0.5) is 9.52 Å². The molecule has 0 aromatic carbocycles. The molecule has 2 bridgehead atoms. The first-order valence-corrected chi connectivity index (χ1v) is 9.05. The van der Waals surface area contributed by atoms with E-state index in [9.17, 15) is 4.39 Å². The minimum absolute atomic E-state index is 0.0538. The van der Waals surface area contributed by atoms with Crippen LogP contribution in [0.25, 0.3) is 0 Å². The number of ether oxygens (including phenoxy) is 1. The summed E-state index contributed by atoms with van der Waals surface area (Å²) in [5.74, 6) is -0.344. The van der Waals surface area contributed by atoms with Gasteiger partial charge in [0.2, 0.25) is 5.88 Å². The van der Waals surface area contributed by atoms with Crippen LogP contribution in [0.1, 0.15) is 12.0 Å². The highest BCUT2D eigenvalue weighted by molar-refractivity contribution is 9.11. The van der Waals surface area contributed by atoms with E-state index in [1.807, 2.05) is 6.20 Å². The summed E-state index contributed by atoms with van der Waals surface area (Å²) in [6, 6.07) is 2.53. The SMILES string of the molecule is COc1ncc(CN2C3CC2CN(c2ncc(Br)s2)C3)cc1F. The maximum atomic E-state index is 13.8. The number of methoxy groups -OCH3 is 1. The maximum Gasteiger partial charge on any atom is 0.250 e. The summed E-state index contributed by atoms with van der Waals surface area (Å²) in [7, 11) is 1.43. The Morgan fingerprint density at radius 1 is 1.35 bits per heavy atom. The lowest BCUT2D eigenvalue weighted by molar-refractivity contribution is -0.00860. The van der Waals surface area contributed by atoms with E-state index in [0.29, 0.717) is 12.1 Å². The normalized spacial score (nSPS) is 23.7. The first-order chi connectivity index (χ1) is 11.1. The Hall–Kier alpha value is -1.25. The van der Waals surface area contributed by atoms with Crippen molar-refractivity contribution >= 4 is 32.4 Å². The minimum Gasteiger partial charge on any atom is -0.479 e. The van der Waals surface area contributed by atoms with E-state index >= 15 is 0 Å². The summed E-state index contributed by atoms with van der Waals surface area (Å²) in [4.78, 5) is 13.2. The molecule has 2 aromatic rings. The van der Waals surface area contributed by atoms with Crippen LogP contribution >= 0.6 is 27.3 Å². The number of hydrogen-bond acceptors (Lipinski definition) is 6. The second-order valence-electron chi connectivity index (χ2n) is 5.90. The van der Waals surface area contributed by atoms with E-state index in [4.69, 9.17) is 4.74 Å². The van der Waals surface area contributed by atoms with Crippen molar-refractivity contribution in [3.8, 4) is 5.88 Å². The fourth-order valence-corrected chi connectivity index (χ4v) is 4.61. The molecule has 3 saturated heterocycles. The monoisotopic (exact) mass is 398 g/mol. The molecule has 3 fully saturated rings. The van der Waals surface area contributed by atoms with E-state index in [2.05, 4.69) is 35.7 Å². The summed E-state index contributed by atoms with van der Waals surface area (Å²) in [6.07, 6.45) is 4.75. The molecule has 2 unspecified atom stereocenters. The lowest BCUT2D eigenvalue weighted by atomic mass is 9.87. The Balaban J connectivity index is 1.42. The van der Waals surface area contributed by atoms with Gasteiger partial charge >= 0.3 is 0 Å². The van der Waals surface area contributed by atoms with Gasteiger partial charge in [0.1, 0.15) is 0 Å². The summed E-state index contributed by atoms with van der Waals surface area (Å²) >= 11 is 5.13. The Morgan fingerprint density at radius 3 is 2.74 bits per heavy atom. The fourth-order valence-electron chi connectivity index (χ4n) is 3.41. The van der Waals surface area contributed by atoms with Gasteiger partial charge < -0.3 is 9.64 Å². The third-order valence-corrected chi connectivity index (χ3v) is 6.04. The molecule has 5 nitrogen and oxygen atoms in total. The zero-order valence-corrected chi connectivity index (χ0v) is 15.0. The topological polar surface area (TPSA) is 41.5 Å². The van der Waals surface area contributed by atoms with Crippen LogP contribution in [0.3, 0.4) is 0 Å². The Morgan fingerprint density at radius 2 is 2.13 bits per heavy atom. The quantitative estimate of drug-likeness (QED) is 0.791. The van der Waals surface area contributed by atoms with E-state index in [1.165, 1.54) is 19.6 Å². The summed E-state index contributed by atoms with van der Waals surface area (Å²) in [6.45, 7) is 2.68. The molecule has 0 radical (unpaired) electrons. The maximum absolute atomic E-state index is 13.8. The van der Waals surface area contributed by atoms with E-state index in [1.54, 1.807) is 17.5 Å². The molecule has 0 amide bonds. The highest BCUT2D eigenvalue weighted by atomic mass is 79.9. The molecule has 2 aromatic heterocycles. The van der Waals surface area contributed by atoms with Crippen LogP contribution < -0.4 is 9.64 Å². The molecule has 2 atom stereocenters. The predicted molar refractivity (Wildman–Crippen MR) is 90.5 cm³/mol. The number of halogens is 2. The van der Waals surface area contributed by atoms with Crippen molar-refractivity contribution in [3.05, 3.63) is 33.6 Å². The van der Waals surface area contributed by atoms with Crippen LogP contribution in [0.15, 0.2) is 22.2 Å². The van der Waals surface area contributed by atoms with Crippen molar-refractivity contribution in [1.82, 2.24) is 14.9 Å². The van der Waals surface area contributed by atoms with Crippen LogP contribution in [-0.4, -0.2) is 47.2 Å². The average Bonchev–Trinajstić information content (AvgIpc) is 2.99. The minimum atomic E-state index is -0.398. The molecule has 5 rings (SSSR count). The Kier molecular flexibility index (Phi) is 3.98. The zero-order valence-electron chi connectivity index (χ0n) is 12.6. The number of fused-ring (bicyclic) bond motifs is 2. The van der Waals surface area contributed by atoms with E-state index in [0.717, 1.165) is 34.1 Å². The molecule has 3 aliphatic heterocycles. The molecule has 0 saturated carbocycles. The molecular formula is C15H16BrFN4OS. The third kappa shape index (κ3) is 2.83. The molecule has 0 spiro atoms. The van der Waals surface area contributed by atoms with Crippen molar-refractivity contribution in [2.75, 3.05) is 25.1 Å². The van der Waals surface area contributed by atoms with Gasteiger partial charge in [0.25, 0.3) is 0 Å². The van der Waals surface area contributed by atoms with Gasteiger partial charge in [0.15, 0.2) is 10.9 Å². The predicted octanol–water partition coefficient (Wildman–Crippen LogP) is 2.91. The third-order valence-electron chi connectivity index (χ3n) is 4.50. The van der Waals surface area contributed by atoms with Gasteiger partial charge in [-0.15, -0.1) is 0 Å². The van der Waals surface area contributed by atoms with Gasteiger partial charge in [-0.1, -0.05) is 11.3 Å². The van der Waals surface area contributed by atoms with Crippen molar-refractivity contribution in [2.45, 2.75) is 25.0 Å². The smallest absolute Gasteiger partial charge is 0.250 e. The van der Waals surface area contributed by atoms with E-state index < -0.39 is 5.82 Å². The highest BCUT2D eigenvalue weighted by Crippen LogP contribution is 2.37. The summed E-state index contributed by atoms with van der Waals surface area (Å²) in [5.41, 5.74) is 0.892. The molecule has 5 heterocycles. The highest BCUT2D eigenvalue weighted by Gasteiger charge is 2.45. The number of anilines is 1. The van der Waals surface area contributed by atoms with Crippen LogP contribution in [-0.2, 0) is 6.54 Å². The molecular weight excluding hydrogens is 383 g/mol. The van der Waals surface area contributed by atoms with Gasteiger partial charge in [-0.2, -0.15) is 0 Å². The summed E-state index contributed by atoms with van der Waals surface area (Å²) in [5, 5.41) is 1.07. The van der Waals surface area contributed by atoms with Crippen molar-refractivity contribution in [1.29, 1.82) is 0 Å². The van der Waals surface area contributed by atoms with Crippen LogP contribution in [0, 0.1) is 5.82 Å². The lowest BCUT2D eigenvalue weighted by Gasteiger charge is -2.56. The summed E-state index contributed by atoms with van der Waals surface area (Å²) < 4.78 is 19.7. The first kappa shape index (κ1) is 15.3. The standard InChI is InChI=1S/C15H16BrFN4OS/c1-22-14-12(17)2-9(4-18-14)6-21-10-3-11(21)8-20(7-10)15-19-5-13(16)23-15/h2,4-5,10-11H,3,6-8H2,1H3. The number of nitrogens with zero attached hydrogens (tertiary/aromatic N) is 4. The van der Waals surface area contributed by atoms with Gasteiger partial charge in [-0.25, -0.2) is 14.4 Å². The van der Waals surface area contributed by atoms with Crippen LogP contribution in [0.2, 0.25) is 0 Å². The number of pyridine rings is 1. The Labute approximate surface area is 146 Å². The molecule has 122 valence electrons. The molecule has 23 heavy (non-hydrogen) atoms. The van der Waals surface area contributed by atoms with Gasteiger partial charge in [-0.05, 0) is 34.0 Å². The Bertz CT molecular complexity index is 715. The fraction of sp³-hybridized carbons (Fsp3) is 0.467. The average molecular weight is 399 g/mol. The van der Waals surface area contributed by atoms with Gasteiger partial charge in [-0.3, -0.25) is 4.90 Å². The van der Waals surface area contributed by atoms with Crippen molar-refractivity contribution in [2.24, 2.45) is 0 Å². The number of rotatable bonds is 4. The number of hydrogen-bond donors (Lipinski definition) is 0. The number of thiazole rings is 1. The first-order valence-electron chi connectivity index (χ1n) is 7.44. The molecule has 3 aliphatic rings. The number of piperidine rings is 1. The second-order valence-corrected chi connectivity index (χ2v) is 8.29. The van der Waals surface area contributed by atoms with Gasteiger partial charge in [0.05, 0.1) is 17.1 Å². The molecule has 0 aliphatic carbocycles. The van der Waals surface area contributed by atoms with Crippen molar-refractivity contribution in [3.63, 3.8) is 0 Å². The largest absolute Gasteiger partial charge is 0.479 e.